The zero-order valence-corrected chi connectivity index (χ0v) is 21.4. The van der Waals surface area contributed by atoms with Crippen molar-refractivity contribution in [3.05, 3.63) is 34.9 Å². The number of aliphatic hydroxyl groups is 3. The Hall–Kier alpha value is -2.66. The Morgan fingerprint density at radius 2 is 1.97 bits per heavy atom. The van der Waals surface area contributed by atoms with Crippen molar-refractivity contribution in [3.8, 4) is 11.5 Å². The topological polar surface area (TPSA) is 138 Å². The third-order valence-electron chi connectivity index (χ3n) is 6.64. The summed E-state index contributed by atoms with van der Waals surface area (Å²) >= 11 is 0. The van der Waals surface area contributed by atoms with E-state index in [1.165, 1.54) is 14.2 Å². The highest BCUT2D eigenvalue weighted by atomic mass is 16.5. The third-order valence-corrected chi connectivity index (χ3v) is 6.64. The average Bonchev–Trinajstić information content (AvgIpc) is 3.26. The van der Waals surface area contributed by atoms with Gasteiger partial charge in [-0.05, 0) is 36.1 Å². The molecule has 1 aromatic carbocycles. The van der Waals surface area contributed by atoms with Crippen LogP contribution in [-0.2, 0) is 20.9 Å². The van der Waals surface area contributed by atoms with Gasteiger partial charge in [-0.25, -0.2) is 0 Å². The fourth-order valence-corrected chi connectivity index (χ4v) is 4.79. The first kappa shape index (κ1) is 27.9. The van der Waals surface area contributed by atoms with Gasteiger partial charge in [-0.2, -0.15) is 0 Å². The normalized spacial score (nSPS) is 22.4. The van der Waals surface area contributed by atoms with Crippen LogP contribution in [0.1, 0.15) is 43.7 Å². The largest absolute Gasteiger partial charge is 0.493 e. The van der Waals surface area contributed by atoms with Crippen molar-refractivity contribution < 1.29 is 39.1 Å². The van der Waals surface area contributed by atoms with E-state index in [9.17, 15) is 24.9 Å². The van der Waals surface area contributed by atoms with Crippen LogP contribution in [0.15, 0.2) is 23.8 Å². The maximum atomic E-state index is 13.3. The van der Waals surface area contributed by atoms with Gasteiger partial charge in [-0.3, -0.25) is 9.59 Å². The molecule has 0 radical (unpaired) electrons. The van der Waals surface area contributed by atoms with E-state index in [1.807, 2.05) is 0 Å². The van der Waals surface area contributed by atoms with Gasteiger partial charge in [-0.15, -0.1) is 0 Å². The molecule has 4 unspecified atom stereocenters. The first-order valence-corrected chi connectivity index (χ1v) is 12.3. The highest BCUT2D eigenvalue weighted by molar-refractivity contribution is 5.96. The minimum absolute atomic E-state index is 0.0539. The summed E-state index contributed by atoms with van der Waals surface area (Å²) < 4.78 is 16.8. The number of hydrogen-bond acceptors (Lipinski definition) is 8. The van der Waals surface area contributed by atoms with Crippen LogP contribution in [0.3, 0.4) is 0 Å². The smallest absolute Gasteiger partial charge is 0.247 e. The fraction of sp³-hybridized carbons (Fsp3) is 0.615. The molecule has 0 saturated carbocycles. The number of fused-ring (bicyclic) bond motifs is 3. The summed E-state index contributed by atoms with van der Waals surface area (Å²) in [5, 5.41) is 33.2. The van der Waals surface area contributed by atoms with E-state index in [2.05, 4.69) is 19.2 Å². The number of methoxy groups -OCH3 is 2. The summed E-state index contributed by atoms with van der Waals surface area (Å²) in [5.41, 5.74) is 1.52. The predicted molar refractivity (Wildman–Crippen MR) is 132 cm³/mol. The van der Waals surface area contributed by atoms with Gasteiger partial charge in [0.25, 0.3) is 0 Å². The van der Waals surface area contributed by atoms with Crippen molar-refractivity contribution >= 4 is 11.8 Å². The molecule has 10 nitrogen and oxygen atoms in total. The van der Waals surface area contributed by atoms with Gasteiger partial charge in [0, 0.05) is 31.3 Å². The lowest BCUT2D eigenvalue weighted by Crippen LogP contribution is -2.56. The standard InChI is InChI=1S/C26H38N2O8/c1-15(2)5-8-28(21(31)6-10-34-3)19-13-18(26(33)27-7-9-29)22-17-11-16(14-30)12-20(35-4)24(17)36-25(22)23(19)32/h11-13,15,19,22-23,25,29-30,32H,5-10,14H2,1-4H3,(H,27,33). The third kappa shape index (κ3) is 5.83. The lowest BCUT2D eigenvalue weighted by molar-refractivity contribution is -0.138. The fourth-order valence-electron chi connectivity index (χ4n) is 4.79. The molecule has 0 bridgehead atoms. The summed E-state index contributed by atoms with van der Waals surface area (Å²) in [6, 6.07) is 2.59. The van der Waals surface area contributed by atoms with Crippen molar-refractivity contribution in [3.63, 3.8) is 0 Å². The van der Waals surface area contributed by atoms with Crippen LogP contribution in [0.2, 0.25) is 0 Å². The number of carbonyl (C=O) groups excluding carboxylic acids is 2. The lowest BCUT2D eigenvalue weighted by atomic mass is 9.77. The van der Waals surface area contributed by atoms with Crippen molar-refractivity contribution in [1.82, 2.24) is 10.2 Å². The van der Waals surface area contributed by atoms with Gasteiger partial charge in [-0.1, -0.05) is 13.8 Å². The number of nitrogens with zero attached hydrogens (tertiary/aromatic N) is 1. The molecule has 4 atom stereocenters. The van der Waals surface area contributed by atoms with Gasteiger partial charge in [0.15, 0.2) is 11.5 Å². The Kier molecular flexibility index (Phi) is 9.72. The van der Waals surface area contributed by atoms with Crippen molar-refractivity contribution in [2.75, 3.05) is 40.5 Å². The van der Waals surface area contributed by atoms with Gasteiger partial charge in [0.1, 0.15) is 12.2 Å². The lowest BCUT2D eigenvalue weighted by Gasteiger charge is -2.41. The second-order valence-corrected chi connectivity index (χ2v) is 9.53. The van der Waals surface area contributed by atoms with Gasteiger partial charge >= 0.3 is 0 Å². The van der Waals surface area contributed by atoms with Gasteiger partial charge in [0.05, 0.1) is 45.3 Å². The molecule has 10 heteroatoms. The molecule has 0 saturated heterocycles. The van der Waals surface area contributed by atoms with E-state index in [-0.39, 0.29) is 38.7 Å². The number of carbonyl (C=O) groups is 2. The van der Waals surface area contributed by atoms with Crippen molar-refractivity contribution in [2.45, 2.75) is 57.5 Å². The van der Waals surface area contributed by atoms with Crippen LogP contribution in [-0.4, -0.2) is 90.8 Å². The average molecular weight is 507 g/mol. The summed E-state index contributed by atoms with van der Waals surface area (Å²) in [5.74, 6) is -0.162. The second-order valence-electron chi connectivity index (χ2n) is 9.53. The van der Waals surface area contributed by atoms with Gasteiger partial charge in [0.2, 0.25) is 11.8 Å². The molecule has 4 N–H and O–H groups in total. The van der Waals surface area contributed by atoms with Crippen LogP contribution in [0.5, 0.6) is 11.5 Å². The molecular weight excluding hydrogens is 468 g/mol. The zero-order valence-electron chi connectivity index (χ0n) is 21.4. The molecule has 36 heavy (non-hydrogen) atoms. The van der Waals surface area contributed by atoms with E-state index in [0.29, 0.717) is 47.1 Å². The molecule has 1 aliphatic heterocycles. The monoisotopic (exact) mass is 506 g/mol. The Balaban J connectivity index is 2.09. The number of ether oxygens (including phenoxy) is 3. The van der Waals surface area contributed by atoms with E-state index >= 15 is 0 Å². The van der Waals surface area contributed by atoms with Crippen LogP contribution in [0.4, 0.5) is 0 Å². The van der Waals surface area contributed by atoms with Crippen LogP contribution in [0, 0.1) is 5.92 Å². The Morgan fingerprint density at radius 3 is 2.58 bits per heavy atom. The van der Waals surface area contributed by atoms with E-state index < -0.39 is 30.1 Å². The Labute approximate surface area is 211 Å². The zero-order chi connectivity index (χ0) is 26.4. The summed E-state index contributed by atoms with van der Waals surface area (Å²) in [4.78, 5) is 28.1. The Morgan fingerprint density at radius 1 is 1.22 bits per heavy atom. The molecule has 2 amide bonds. The molecule has 1 heterocycles. The molecule has 0 fully saturated rings. The molecule has 0 spiro atoms. The maximum absolute atomic E-state index is 13.3. The summed E-state index contributed by atoms with van der Waals surface area (Å²) in [6.45, 7) is 4.32. The summed E-state index contributed by atoms with van der Waals surface area (Å²) in [7, 11) is 3.00. The van der Waals surface area contributed by atoms with Crippen LogP contribution < -0.4 is 14.8 Å². The highest BCUT2D eigenvalue weighted by Gasteiger charge is 2.51. The Bertz CT molecular complexity index is 964. The molecular formula is C26H38N2O8. The van der Waals surface area contributed by atoms with E-state index in [1.54, 1.807) is 23.1 Å². The van der Waals surface area contributed by atoms with E-state index in [4.69, 9.17) is 14.2 Å². The van der Waals surface area contributed by atoms with E-state index in [0.717, 1.165) is 0 Å². The molecule has 2 aliphatic rings. The molecule has 1 aromatic rings. The van der Waals surface area contributed by atoms with Crippen LogP contribution >= 0.6 is 0 Å². The first-order valence-electron chi connectivity index (χ1n) is 12.3. The SMILES string of the molecule is COCCC(=O)N(CCC(C)C)C1C=C(C(=O)NCCO)C2c3cc(CO)cc(OC)c3OC2C1O. The number of rotatable bonds is 12. The quantitative estimate of drug-likeness (QED) is 0.325. The molecule has 0 aromatic heterocycles. The second kappa shape index (κ2) is 12.5. The maximum Gasteiger partial charge on any atom is 0.247 e. The molecule has 200 valence electrons. The number of nitrogens with one attached hydrogen (secondary N) is 1. The number of aliphatic hydroxyl groups excluding tert-OH is 3. The van der Waals surface area contributed by atoms with Gasteiger partial charge < -0.3 is 39.7 Å². The van der Waals surface area contributed by atoms with Crippen LogP contribution in [0.25, 0.3) is 0 Å². The minimum Gasteiger partial charge on any atom is -0.493 e. The summed E-state index contributed by atoms with van der Waals surface area (Å²) in [6.07, 6.45) is 0.507. The number of amides is 2. The predicted octanol–water partition coefficient (Wildman–Crippen LogP) is 0.721. The highest BCUT2D eigenvalue weighted by Crippen LogP contribution is 2.51. The number of hydrogen-bond donors (Lipinski definition) is 4. The number of benzene rings is 1. The van der Waals surface area contributed by atoms with Crippen molar-refractivity contribution in [1.29, 1.82) is 0 Å². The minimum atomic E-state index is -1.13. The first-order chi connectivity index (χ1) is 17.3. The molecule has 1 aliphatic carbocycles. The molecule has 3 rings (SSSR count). The van der Waals surface area contributed by atoms with Crippen molar-refractivity contribution in [2.24, 2.45) is 5.92 Å².